The highest BCUT2D eigenvalue weighted by molar-refractivity contribution is 5.65. The van der Waals surface area contributed by atoms with E-state index in [4.69, 9.17) is 15.2 Å². The number of hydrogen-bond donors (Lipinski definition) is 2. The maximum Gasteiger partial charge on any atom is 0.292 e. The summed E-state index contributed by atoms with van der Waals surface area (Å²) in [4.78, 5) is 10.7. The molecule has 0 radical (unpaired) electrons. The van der Waals surface area contributed by atoms with Crippen molar-refractivity contribution in [3.8, 4) is 5.75 Å². The van der Waals surface area contributed by atoms with Gasteiger partial charge >= 0.3 is 0 Å². The first-order valence-corrected chi connectivity index (χ1v) is 7.08. The van der Waals surface area contributed by atoms with Crippen LogP contribution in [0.5, 0.6) is 5.75 Å². The smallest absolute Gasteiger partial charge is 0.292 e. The third-order valence-corrected chi connectivity index (χ3v) is 4.40. The second-order valence-electron chi connectivity index (χ2n) is 5.53. The number of nitrogens with two attached hydrogens (primary N) is 1. The molecule has 1 saturated heterocycles. The molecule has 4 unspecified atom stereocenters. The average Bonchev–Trinajstić information content (AvgIpc) is 2.51. The van der Waals surface area contributed by atoms with Crippen molar-refractivity contribution < 1.29 is 14.4 Å². The van der Waals surface area contributed by atoms with Gasteiger partial charge in [-0.1, -0.05) is 0 Å². The molecule has 0 amide bonds. The molecule has 2 fully saturated rings. The van der Waals surface area contributed by atoms with Crippen LogP contribution in [0.3, 0.4) is 0 Å². The summed E-state index contributed by atoms with van der Waals surface area (Å²) in [5, 5.41) is 14.3. The molecule has 0 spiro atoms. The largest absolute Gasteiger partial charge is 0.497 e. The molecule has 7 heteroatoms. The molecule has 4 atom stereocenters. The van der Waals surface area contributed by atoms with Gasteiger partial charge in [0.15, 0.2) is 0 Å². The van der Waals surface area contributed by atoms with Crippen molar-refractivity contribution in [2.45, 2.75) is 31.0 Å². The molecule has 1 saturated carbocycles. The Morgan fingerprint density at radius 1 is 1.52 bits per heavy atom. The van der Waals surface area contributed by atoms with E-state index in [1.807, 2.05) is 0 Å². The number of fused-ring (bicyclic) bond motifs is 1. The van der Waals surface area contributed by atoms with E-state index < -0.39 is 4.92 Å². The van der Waals surface area contributed by atoms with E-state index in [9.17, 15) is 10.1 Å². The SMILES string of the molecule is COc1ccc([N+](=O)[O-])c(NC2C(N)C3CCCOC32)c1. The van der Waals surface area contributed by atoms with E-state index in [1.165, 1.54) is 13.2 Å². The fourth-order valence-electron chi connectivity index (χ4n) is 3.22. The maximum atomic E-state index is 11.1. The number of nitrogens with zero attached hydrogens (tertiary/aromatic N) is 1. The zero-order valence-electron chi connectivity index (χ0n) is 11.8. The topological polar surface area (TPSA) is 99.7 Å². The van der Waals surface area contributed by atoms with Gasteiger partial charge in [-0.05, 0) is 18.9 Å². The molecule has 2 aliphatic rings. The summed E-state index contributed by atoms with van der Waals surface area (Å²) in [6.45, 7) is 0.728. The first kappa shape index (κ1) is 14.1. The maximum absolute atomic E-state index is 11.1. The van der Waals surface area contributed by atoms with Crippen LogP contribution >= 0.6 is 0 Å². The van der Waals surface area contributed by atoms with Crippen molar-refractivity contribution >= 4 is 11.4 Å². The molecule has 3 rings (SSSR count). The molecule has 7 nitrogen and oxygen atoms in total. The van der Waals surface area contributed by atoms with Gasteiger partial charge in [0.2, 0.25) is 0 Å². The van der Waals surface area contributed by atoms with Crippen LogP contribution in [0.25, 0.3) is 0 Å². The van der Waals surface area contributed by atoms with Crippen LogP contribution in [0.2, 0.25) is 0 Å². The van der Waals surface area contributed by atoms with Crippen molar-refractivity contribution in [1.29, 1.82) is 0 Å². The monoisotopic (exact) mass is 293 g/mol. The highest BCUT2D eigenvalue weighted by atomic mass is 16.6. The number of benzene rings is 1. The lowest BCUT2D eigenvalue weighted by Crippen LogP contribution is -2.69. The van der Waals surface area contributed by atoms with Gasteiger partial charge in [0, 0.05) is 30.7 Å². The summed E-state index contributed by atoms with van der Waals surface area (Å²) in [6, 6.07) is 4.50. The third kappa shape index (κ3) is 2.43. The van der Waals surface area contributed by atoms with Crippen molar-refractivity contribution in [3.63, 3.8) is 0 Å². The fourth-order valence-corrected chi connectivity index (χ4v) is 3.22. The minimum absolute atomic E-state index is 0.0160. The molecular weight excluding hydrogens is 274 g/mol. The van der Waals surface area contributed by atoms with Crippen LogP contribution in [0.15, 0.2) is 18.2 Å². The Kier molecular flexibility index (Phi) is 3.69. The minimum Gasteiger partial charge on any atom is -0.497 e. The van der Waals surface area contributed by atoms with Gasteiger partial charge in [-0.2, -0.15) is 0 Å². The zero-order valence-corrected chi connectivity index (χ0v) is 11.8. The lowest BCUT2D eigenvalue weighted by molar-refractivity contribution is -0.384. The summed E-state index contributed by atoms with van der Waals surface area (Å²) >= 11 is 0. The van der Waals surface area contributed by atoms with Crippen LogP contribution in [-0.2, 0) is 4.74 Å². The Hall–Kier alpha value is -1.86. The number of hydrogen-bond acceptors (Lipinski definition) is 6. The Morgan fingerprint density at radius 3 is 3.05 bits per heavy atom. The Morgan fingerprint density at radius 2 is 2.33 bits per heavy atom. The van der Waals surface area contributed by atoms with E-state index in [2.05, 4.69) is 5.32 Å². The highest BCUT2D eigenvalue weighted by Gasteiger charge is 2.50. The lowest BCUT2D eigenvalue weighted by atomic mass is 9.68. The first-order chi connectivity index (χ1) is 10.1. The van der Waals surface area contributed by atoms with Gasteiger partial charge in [-0.15, -0.1) is 0 Å². The number of methoxy groups -OCH3 is 1. The number of nitro benzene ring substituents is 1. The number of anilines is 1. The van der Waals surface area contributed by atoms with Gasteiger partial charge in [0.1, 0.15) is 11.4 Å². The molecule has 1 aliphatic carbocycles. The lowest BCUT2D eigenvalue weighted by Gasteiger charge is -2.52. The number of nitro groups is 1. The summed E-state index contributed by atoms with van der Waals surface area (Å²) in [5.74, 6) is 0.915. The Balaban J connectivity index is 1.82. The van der Waals surface area contributed by atoms with Crippen LogP contribution in [0, 0.1) is 16.0 Å². The summed E-state index contributed by atoms with van der Waals surface area (Å²) in [5.41, 5.74) is 6.62. The van der Waals surface area contributed by atoms with Crippen LogP contribution in [0.4, 0.5) is 11.4 Å². The van der Waals surface area contributed by atoms with Crippen molar-refractivity contribution in [3.05, 3.63) is 28.3 Å². The van der Waals surface area contributed by atoms with Crippen molar-refractivity contribution in [1.82, 2.24) is 0 Å². The first-order valence-electron chi connectivity index (χ1n) is 7.08. The van der Waals surface area contributed by atoms with E-state index in [0.717, 1.165) is 19.4 Å². The van der Waals surface area contributed by atoms with E-state index in [1.54, 1.807) is 12.1 Å². The highest BCUT2D eigenvalue weighted by Crippen LogP contribution is 2.40. The van der Waals surface area contributed by atoms with Crippen LogP contribution in [-0.4, -0.2) is 36.8 Å². The minimum atomic E-state index is -0.412. The summed E-state index contributed by atoms with van der Waals surface area (Å²) < 4.78 is 10.9. The van der Waals surface area contributed by atoms with Crippen LogP contribution in [0.1, 0.15) is 12.8 Å². The molecule has 114 valence electrons. The predicted molar refractivity (Wildman–Crippen MR) is 77.5 cm³/mol. The molecule has 1 aromatic rings. The van der Waals surface area contributed by atoms with E-state index in [-0.39, 0.29) is 23.9 Å². The average molecular weight is 293 g/mol. The number of nitrogens with one attached hydrogen (secondary N) is 1. The van der Waals surface area contributed by atoms with Gasteiger partial charge in [0.05, 0.1) is 24.2 Å². The van der Waals surface area contributed by atoms with E-state index >= 15 is 0 Å². The van der Waals surface area contributed by atoms with E-state index in [0.29, 0.717) is 17.4 Å². The summed E-state index contributed by atoms with van der Waals surface area (Å²) in [7, 11) is 1.53. The zero-order chi connectivity index (χ0) is 15.0. The van der Waals surface area contributed by atoms with Gasteiger partial charge in [-0.25, -0.2) is 0 Å². The Labute approximate surface area is 122 Å². The Bertz CT molecular complexity index is 551. The molecule has 21 heavy (non-hydrogen) atoms. The molecule has 1 aromatic carbocycles. The van der Waals surface area contributed by atoms with Crippen molar-refractivity contribution in [2.24, 2.45) is 11.7 Å². The molecule has 0 aromatic heterocycles. The second-order valence-corrected chi connectivity index (χ2v) is 5.53. The molecule has 0 bridgehead atoms. The third-order valence-electron chi connectivity index (χ3n) is 4.40. The van der Waals surface area contributed by atoms with Gasteiger partial charge < -0.3 is 20.5 Å². The fraction of sp³-hybridized carbons (Fsp3) is 0.571. The normalized spacial score (nSPS) is 31.0. The predicted octanol–water partition coefficient (Wildman–Crippen LogP) is 1.52. The second kappa shape index (κ2) is 5.50. The summed E-state index contributed by atoms with van der Waals surface area (Å²) in [6.07, 6.45) is 2.13. The van der Waals surface area contributed by atoms with Crippen molar-refractivity contribution in [2.75, 3.05) is 19.0 Å². The quantitative estimate of drug-likeness (QED) is 0.645. The number of ether oxygens (including phenoxy) is 2. The van der Waals surface area contributed by atoms with Gasteiger partial charge in [0.25, 0.3) is 5.69 Å². The standard InChI is InChI=1S/C14H19N3O4/c1-20-8-4-5-11(17(18)19)10(7-8)16-13-12(15)9-3-2-6-21-14(9)13/h4-5,7,9,12-14,16H,2-3,6,15H2,1H3. The van der Waals surface area contributed by atoms with Crippen LogP contribution < -0.4 is 15.8 Å². The molecule has 1 aliphatic heterocycles. The number of rotatable bonds is 4. The molecule has 1 heterocycles. The molecular formula is C14H19N3O4. The van der Waals surface area contributed by atoms with Gasteiger partial charge in [-0.3, -0.25) is 10.1 Å². The molecule has 3 N–H and O–H groups in total.